The number of aromatic amines is 1. The predicted octanol–water partition coefficient (Wildman–Crippen LogP) is 4.24. The van der Waals surface area contributed by atoms with Crippen LogP contribution in [-0.2, 0) is 13.0 Å². The number of anilines is 2. The molecule has 0 bridgehead atoms. The number of hydrogen-bond acceptors (Lipinski definition) is 4. The molecule has 3 N–H and O–H groups in total. The van der Waals surface area contributed by atoms with Crippen molar-refractivity contribution in [1.82, 2.24) is 15.3 Å². The number of nitrogens with one attached hydrogen (secondary N) is 3. The maximum atomic E-state index is 4.83. The SMILES string of the molecule is C(CN(Cc1nc2ccccc2[nH]1)c1cccc2c1NCCC2)=C1CCCNC1. The predicted molar refractivity (Wildman–Crippen MR) is 121 cm³/mol. The van der Waals surface area contributed by atoms with Crippen LogP contribution in [0.2, 0.25) is 0 Å². The zero-order chi connectivity index (χ0) is 19.5. The lowest BCUT2D eigenvalue weighted by atomic mass is 10.0. The fraction of sp³-hybridized carbons (Fsp3) is 0.375. The quantitative estimate of drug-likeness (QED) is 0.573. The van der Waals surface area contributed by atoms with Crippen LogP contribution >= 0.6 is 0 Å². The van der Waals surface area contributed by atoms with Gasteiger partial charge in [-0.25, -0.2) is 4.98 Å². The Bertz CT molecular complexity index is 978. The van der Waals surface area contributed by atoms with Crippen molar-refractivity contribution in [1.29, 1.82) is 0 Å². The van der Waals surface area contributed by atoms with Crippen LogP contribution in [0.1, 0.15) is 30.7 Å². The minimum absolute atomic E-state index is 0.768. The Balaban J connectivity index is 1.47. The molecule has 0 saturated carbocycles. The van der Waals surface area contributed by atoms with E-state index in [4.69, 9.17) is 4.98 Å². The second-order valence-electron chi connectivity index (χ2n) is 8.07. The molecule has 5 nitrogen and oxygen atoms in total. The molecule has 0 radical (unpaired) electrons. The Morgan fingerprint density at radius 1 is 1.00 bits per heavy atom. The molecule has 2 aliphatic rings. The van der Waals surface area contributed by atoms with Gasteiger partial charge in [0.1, 0.15) is 5.82 Å². The third kappa shape index (κ3) is 4.01. The molecule has 0 aliphatic carbocycles. The van der Waals surface area contributed by atoms with Crippen LogP contribution in [0, 0.1) is 0 Å². The summed E-state index contributed by atoms with van der Waals surface area (Å²) in [5.41, 5.74) is 7.66. The smallest absolute Gasteiger partial charge is 0.126 e. The number of benzene rings is 2. The summed E-state index contributed by atoms with van der Waals surface area (Å²) in [4.78, 5) is 10.8. The normalized spacial score (nSPS) is 17.9. The zero-order valence-corrected chi connectivity index (χ0v) is 16.9. The van der Waals surface area contributed by atoms with Gasteiger partial charge in [-0.15, -0.1) is 0 Å². The number of piperidine rings is 1. The van der Waals surface area contributed by atoms with Gasteiger partial charge in [-0.2, -0.15) is 0 Å². The van der Waals surface area contributed by atoms with Crippen molar-refractivity contribution in [3.05, 3.63) is 65.5 Å². The maximum Gasteiger partial charge on any atom is 0.126 e. The number of nitrogens with zero attached hydrogens (tertiary/aromatic N) is 2. The van der Waals surface area contributed by atoms with Gasteiger partial charge in [0.05, 0.1) is 29.0 Å². The molecule has 3 aromatic rings. The van der Waals surface area contributed by atoms with E-state index in [0.29, 0.717) is 0 Å². The number of aromatic nitrogens is 2. The van der Waals surface area contributed by atoms with Crippen molar-refractivity contribution < 1.29 is 0 Å². The Morgan fingerprint density at radius 2 is 1.93 bits per heavy atom. The molecule has 5 rings (SSSR count). The molecule has 1 aromatic heterocycles. The molecule has 5 heteroatoms. The fourth-order valence-corrected chi connectivity index (χ4v) is 4.46. The van der Waals surface area contributed by atoms with Crippen LogP contribution < -0.4 is 15.5 Å². The third-order valence-corrected chi connectivity index (χ3v) is 5.98. The van der Waals surface area contributed by atoms with E-state index in [9.17, 15) is 0 Å². The molecular weight excluding hydrogens is 358 g/mol. The molecule has 2 aromatic carbocycles. The van der Waals surface area contributed by atoms with Crippen molar-refractivity contribution in [2.24, 2.45) is 0 Å². The lowest BCUT2D eigenvalue weighted by Crippen LogP contribution is -2.28. The first kappa shape index (κ1) is 18.3. The summed E-state index contributed by atoms with van der Waals surface area (Å²) in [5, 5.41) is 7.15. The second kappa shape index (κ2) is 8.29. The molecule has 0 atom stereocenters. The van der Waals surface area contributed by atoms with Crippen LogP contribution in [-0.4, -0.2) is 36.1 Å². The largest absolute Gasteiger partial charge is 0.383 e. The van der Waals surface area contributed by atoms with Crippen molar-refractivity contribution in [2.45, 2.75) is 32.2 Å². The van der Waals surface area contributed by atoms with Gasteiger partial charge >= 0.3 is 0 Å². The first-order valence-electron chi connectivity index (χ1n) is 10.8. The summed E-state index contributed by atoms with van der Waals surface area (Å²) >= 11 is 0. The highest BCUT2D eigenvalue weighted by Gasteiger charge is 2.18. The van der Waals surface area contributed by atoms with Gasteiger partial charge in [-0.3, -0.25) is 0 Å². The van der Waals surface area contributed by atoms with Gasteiger partial charge in [-0.05, 0) is 56.0 Å². The van der Waals surface area contributed by atoms with E-state index >= 15 is 0 Å². The van der Waals surface area contributed by atoms with Crippen LogP contribution in [0.5, 0.6) is 0 Å². The van der Waals surface area contributed by atoms with Crippen molar-refractivity contribution in [2.75, 3.05) is 36.4 Å². The van der Waals surface area contributed by atoms with Gasteiger partial charge in [0, 0.05) is 19.6 Å². The first-order chi connectivity index (χ1) is 14.4. The standard InChI is InChI=1S/C24H29N5/c1-2-10-21-20(9-1)27-23(28-21)17-29(15-12-18-6-4-13-25-16-18)22-11-3-7-19-8-5-14-26-24(19)22/h1-3,7,9-12,25-26H,4-6,8,13-17H2,(H,27,28). The molecule has 0 spiro atoms. The number of rotatable bonds is 5. The Hall–Kier alpha value is -2.79. The van der Waals surface area contributed by atoms with E-state index in [1.165, 1.54) is 41.8 Å². The van der Waals surface area contributed by atoms with E-state index < -0.39 is 0 Å². The molecule has 2 aliphatic heterocycles. The molecule has 150 valence electrons. The van der Waals surface area contributed by atoms with Crippen LogP contribution in [0.3, 0.4) is 0 Å². The summed E-state index contributed by atoms with van der Waals surface area (Å²) in [6.07, 6.45) is 7.21. The van der Waals surface area contributed by atoms with Gasteiger partial charge in [0.25, 0.3) is 0 Å². The number of H-pyrrole nitrogens is 1. The minimum atomic E-state index is 0.768. The highest BCUT2D eigenvalue weighted by atomic mass is 15.2. The van der Waals surface area contributed by atoms with E-state index in [2.05, 4.69) is 63.0 Å². The average molecular weight is 388 g/mol. The van der Waals surface area contributed by atoms with E-state index in [1.807, 2.05) is 6.07 Å². The van der Waals surface area contributed by atoms with Crippen LogP contribution in [0.25, 0.3) is 11.0 Å². The second-order valence-corrected chi connectivity index (χ2v) is 8.07. The van der Waals surface area contributed by atoms with Crippen molar-refractivity contribution in [3.63, 3.8) is 0 Å². The lowest BCUT2D eigenvalue weighted by Gasteiger charge is -2.29. The van der Waals surface area contributed by atoms with Gasteiger partial charge < -0.3 is 20.5 Å². The van der Waals surface area contributed by atoms with E-state index in [0.717, 1.165) is 56.0 Å². The number of fused-ring (bicyclic) bond motifs is 2. The van der Waals surface area contributed by atoms with E-state index in [1.54, 1.807) is 0 Å². The third-order valence-electron chi connectivity index (χ3n) is 5.98. The fourth-order valence-electron chi connectivity index (χ4n) is 4.46. The summed E-state index contributed by atoms with van der Waals surface area (Å²) < 4.78 is 0. The highest BCUT2D eigenvalue weighted by Crippen LogP contribution is 2.34. The molecule has 1 fully saturated rings. The topological polar surface area (TPSA) is 56.0 Å². The molecule has 1 saturated heterocycles. The maximum absolute atomic E-state index is 4.83. The summed E-state index contributed by atoms with van der Waals surface area (Å²) in [6, 6.07) is 15.0. The van der Waals surface area contributed by atoms with Crippen LogP contribution in [0.4, 0.5) is 11.4 Å². The Morgan fingerprint density at radius 3 is 2.83 bits per heavy atom. The molecule has 0 amide bonds. The number of para-hydroxylation sites is 3. The molecule has 0 unspecified atom stereocenters. The molecule has 29 heavy (non-hydrogen) atoms. The minimum Gasteiger partial charge on any atom is -0.383 e. The monoisotopic (exact) mass is 387 g/mol. The zero-order valence-electron chi connectivity index (χ0n) is 16.9. The summed E-state index contributed by atoms with van der Waals surface area (Å²) in [7, 11) is 0. The molecular formula is C24H29N5. The number of aryl methyl sites for hydroxylation is 1. The summed E-state index contributed by atoms with van der Waals surface area (Å²) in [6.45, 7) is 4.86. The average Bonchev–Trinajstić information content (AvgIpc) is 3.19. The van der Waals surface area contributed by atoms with Crippen LogP contribution in [0.15, 0.2) is 54.1 Å². The first-order valence-corrected chi connectivity index (χ1v) is 10.8. The number of hydrogen-bond donors (Lipinski definition) is 3. The van der Waals surface area contributed by atoms with Gasteiger partial charge in [0.2, 0.25) is 0 Å². The van der Waals surface area contributed by atoms with Crippen molar-refractivity contribution >= 4 is 22.4 Å². The molecule has 3 heterocycles. The van der Waals surface area contributed by atoms with Gasteiger partial charge in [-0.1, -0.05) is 35.9 Å². The lowest BCUT2D eigenvalue weighted by molar-refractivity contribution is 0.607. The highest BCUT2D eigenvalue weighted by molar-refractivity contribution is 5.76. The summed E-state index contributed by atoms with van der Waals surface area (Å²) in [5.74, 6) is 1.01. The van der Waals surface area contributed by atoms with Crippen molar-refractivity contribution in [3.8, 4) is 0 Å². The van der Waals surface area contributed by atoms with Gasteiger partial charge in [0.15, 0.2) is 0 Å². The Labute approximate surface area is 172 Å². The Kier molecular flexibility index (Phi) is 5.22. The van der Waals surface area contributed by atoms with E-state index in [-0.39, 0.29) is 0 Å². The number of imidazole rings is 1.